The second-order valence-electron chi connectivity index (χ2n) is 6.77. The van der Waals surface area contributed by atoms with Crippen molar-refractivity contribution in [1.29, 1.82) is 0 Å². The minimum atomic E-state index is -1.54. The van der Waals surface area contributed by atoms with Crippen molar-refractivity contribution >= 4 is 29.9 Å². The molecule has 0 amide bonds. The van der Waals surface area contributed by atoms with Crippen LogP contribution >= 0.6 is 0 Å². The second kappa shape index (κ2) is 4.62. The van der Waals surface area contributed by atoms with Crippen molar-refractivity contribution in [1.82, 2.24) is 19.1 Å². The second-order valence-corrected chi connectivity index (χ2v) is 14.2. The van der Waals surface area contributed by atoms with Gasteiger partial charge in [0.05, 0.1) is 0 Å². The zero-order valence-electron chi connectivity index (χ0n) is 13.0. The first-order valence-electron chi connectivity index (χ1n) is 7.35. The van der Waals surface area contributed by atoms with Crippen LogP contribution in [0.25, 0.3) is 0 Å². The van der Waals surface area contributed by atoms with Crippen LogP contribution in [0, 0.1) is 0 Å². The molecule has 0 atom stereocenters. The van der Waals surface area contributed by atoms with E-state index in [1.54, 1.807) is 0 Å². The first-order valence-corrected chi connectivity index (χ1v) is 13.6. The molecule has 0 aromatic rings. The first-order chi connectivity index (χ1) is 9.39. The fourth-order valence-corrected chi connectivity index (χ4v) is 5.11. The van der Waals surface area contributed by atoms with Crippen LogP contribution < -0.4 is 0 Å². The molecule has 3 aliphatic heterocycles. The number of hydrogen-bond acceptors (Lipinski definition) is 6. The first kappa shape index (κ1) is 13.7. The Kier molecular flexibility index (Phi) is 3.16. The summed E-state index contributed by atoms with van der Waals surface area (Å²) in [7, 11) is -2.56. The number of hydrogen-bond donors (Lipinski definition) is 0. The standard InChI is InChI=1S/C12H24N6Si2/c1-19(2)17-11-12-16(8-6-7-15(11)9-13-17)10-14-18(12)20(3,4)5/h9-10,19H,6-8H2,1-5H3. The lowest BCUT2D eigenvalue weighted by atomic mass is 10.4. The van der Waals surface area contributed by atoms with Crippen LogP contribution in [0.4, 0.5) is 0 Å². The van der Waals surface area contributed by atoms with Crippen molar-refractivity contribution in [2.24, 2.45) is 10.2 Å². The Morgan fingerprint density at radius 1 is 1.00 bits per heavy atom. The van der Waals surface area contributed by atoms with E-state index in [0.29, 0.717) is 0 Å². The maximum atomic E-state index is 4.69. The van der Waals surface area contributed by atoms with Crippen molar-refractivity contribution < 1.29 is 0 Å². The number of rotatable bonds is 2. The highest BCUT2D eigenvalue weighted by Crippen LogP contribution is 2.33. The predicted molar refractivity (Wildman–Crippen MR) is 87.9 cm³/mol. The summed E-state index contributed by atoms with van der Waals surface area (Å²) in [5, 5.41) is 9.33. The Hall–Kier alpha value is -1.29. The van der Waals surface area contributed by atoms with E-state index in [9.17, 15) is 0 Å². The summed E-state index contributed by atoms with van der Waals surface area (Å²) >= 11 is 0. The molecule has 3 rings (SSSR count). The maximum absolute atomic E-state index is 4.69. The molecule has 0 saturated carbocycles. The van der Waals surface area contributed by atoms with Crippen LogP contribution in [0.1, 0.15) is 6.42 Å². The third kappa shape index (κ3) is 2.06. The summed E-state index contributed by atoms with van der Waals surface area (Å²) in [6.07, 6.45) is 5.14. The molecule has 0 spiro atoms. The minimum absolute atomic E-state index is 1.03. The monoisotopic (exact) mass is 308 g/mol. The molecular formula is C12H24N6Si2. The Labute approximate surface area is 123 Å². The predicted octanol–water partition coefficient (Wildman–Crippen LogP) is 1.46. The van der Waals surface area contributed by atoms with Gasteiger partial charge in [-0.05, 0) is 26.1 Å². The molecule has 3 aliphatic rings. The van der Waals surface area contributed by atoms with E-state index >= 15 is 0 Å². The lowest BCUT2D eigenvalue weighted by Crippen LogP contribution is -2.45. The normalized spacial score (nSPS) is 22.1. The van der Waals surface area contributed by atoms with E-state index in [1.165, 1.54) is 11.6 Å². The molecule has 0 fully saturated rings. The van der Waals surface area contributed by atoms with Crippen molar-refractivity contribution in [3.05, 3.63) is 11.6 Å². The lowest BCUT2D eigenvalue weighted by molar-refractivity contribution is 0.387. The molecule has 0 aromatic carbocycles. The van der Waals surface area contributed by atoms with Crippen molar-refractivity contribution in [2.75, 3.05) is 13.1 Å². The fourth-order valence-electron chi connectivity index (χ4n) is 2.77. The van der Waals surface area contributed by atoms with Crippen LogP contribution in [0.5, 0.6) is 0 Å². The van der Waals surface area contributed by atoms with Gasteiger partial charge in [0.1, 0.15) is 12.7 Å². The molecule has 110 valence electrons. The summed E-state index contributed by atoms with van der Waals surface area (Å²) in [5.41, 5.74) is 0. The Morgan fingerprint density at radius 2 is 1.60 bits per heavy atom. The SMILES string of the molecule is C[SiH](C)N1N=CN2CCCN3C=NN([Si](C)(C)C)C3=C21. The van der Waals surface area contributed by atoms with Gasteiger partial charge in [-0.15, -0.1) is 0 Å². The molecule has 6 nitrogen and oxygen atoms in total. The molecule has 0 radical (unpaired) electrons. The van der Waals surface area contributed by atoms with Gasteiger partial charge >= 0.3 is 0 Å². The third-order valence-electron chi connectivity index (χ3n) is 3.71. The number of nitrogens with zero attached hydrogens (tertiary/aromatic N) is 6. The number of hydrazone groups is 2. The maximum Gasteiger partial charge on any atom is 0.179 e. The van der Waals surface area contributed by atoms with Crippen LogP contribution in [0.3, 0.4) is 0 Å². The molecule has 0 N–H and O–H groups in total. The summed E-state index contributed by atoms with van der Waals surface area (Å²) in [6, 6.07) is 0. The molecule has 3 heterocycles. The van der Waals surface area contributed by atoms with E-state index in [1.807, 2.05) is 12.7 Å². The summed E-state index contributed by atoms with van der Waals surface area (Å²) < 4.78 is 4.54. The van der Waals surface area contributed by atoms with Crippen molar-refractivity contribution in [3.63, 3.8) is 0 Å². The highest BCUT2D eigenvalue weighted by molar-refractivity contribution is 6.73. The van der Waals surface area contributed by atoms with E-state index in [2.05, 4.69) is 57.0 Å². The van der Waals surface area contributed by atoms with E-state index in [4.69, 9.17) is 5.10 Å². The van der Waals surface area contributed by atoms with Gasteiger partial charge in [-0.25, -0.2) is 0 Å². The molecule has 0 aliphatic carbocycles. The highest BCUT2D eigenvalue weighted by atomic mass is 28.3. The van der Waals surface area contributed by atoms with Crippen molar-refractivity contribution in [2.45, 2.75) is 39.2 Å². The van der Waals surface area contributed by atoms with Crippen molar-refractivity contribution in [3.8, 4) is 0 Å². The zero-order valence-corrected chi connectivity index (χ0v) is 15.2. The molecule has 0 unspecified atom stereocenters. The van der Waals surface area contributed by atoms with Gasteiger partial charge in [0.15, 0.2) is 28.8 Å². The van der Waals surface area contributed by atoms with Gasteiger partial charge < -0.3 is 9.80 Å². The van der Waals surface area contributed by atoms with Gasteiger partial charge in [0.25, 0.3) is 0 Å². The molecule has 20 heavy (non-hydrogen) atoms. The summed E-state index contributed by atoms with van der Waals surface area (Å²) in [5.74, 6) is 2.50. The zero-order chi connectivity index (χ0) is 14.5. The van der Waals surface area contributed by atoms with E-state index < -0.39 is 17.2 Å². The summed E-state index contributed by atoms with van der Waals surface area (Å²) in [4.78, 5) is 4.62. The Bertz CT molecular complexity index is 493. The van der Waals surface area contributed by atoms with Crippen LogP contribution in [0.15, 0.2) is 21.8 Å². The largest absolute Gasteiger partial charge is 0.313 e. The number of fused-ring (bicyclic) bond motifs is 2. The topological polar surface area (TPSA) is 37.7 Å². The van der Waals surface area contributed by atoms with Gasteiger partial charge in [-0.1, -0.05) is 13.1 Å². The van der Waals surface area contributed by atoms with Gasteiger partial charge in [0, 0.05) is 13.1 Å². The van der Waals surface area contributed by atoms with E-state index in [0.717, 1.165) is 19.5 Å². The van der Waals surface area contributed by atoms with Crippen LogP contribution in [-0.4, -0.2) is 62.1 Å². The van der Waals surface area contributed by atoms with Gasteiger partial charge in [0.2, 0.25) is 0 Å². The molecule has 8 heteroatoms. The Balaban J connectivity index is 2.09. The lowest BCUT2D eigenvalue weighted by Gasteiger charge is -2.35. The van der Waals surface area contributed by atoms with E-state index in [-0.39, 0.29) is 0 Å². The Morgan fingerprint density at radius 3 is 2.20 bits per heavy atom. The van der Waals surface area contributed by atoms with Crippen LogP contribution in [0.2, 0.25) is 32.7 Å². The average molecular weight is 309 g/mol. The highest BCUT2D eigenvalue weighted by Gasteiger charge is 2.40. The molecule has 0 saturated heterocycles. The third-order valence-corrected chi connectivity index (χ3v) is 6.66. The smallest absolute Gasteiger partial charge is 0.179 e. The molecule has 0 bridgehead atoms. The average Bonchev–Trinajstić information content (AvgIpc) is 2.89. The fraction of sp³-hybridized carbons (Fsp3) is 0.667. The minimum Gasteiger partial charge on any atom is -0.313 e. The summed E-state index contributed by atoms with van der Waals surface area (Å²) in [6.45, 7) is 13.7. The molecular weight excluding hydrogens is 284 g/mol. The quantitative estimate of drug-likeness (QED) is 0.724. The van der Waals surface area contributed by atoms with Gasteiger partial charge in [-0.2, -0.15) is 10.2 Å². The van der Waals surface area contributed by atoms with Gasteiger partial charge in [-0.3, -0.25) is 9.35 Å². The van der Waals surface area contributed by atoms with Crippen LogP contribution in [-0.2, 0) is 0 Å². The molecule has 0 aromatic heterocycles.